The Hall–Kier alpha value is -1.38. The predicted octanol–water partition coefficient (Wildman–Crippen LogP) is 0.885. The van der Waals surface area contributed by atoms with E-state index in [-0.39, 0.29) is 10.4 Å². The molecule has 0 aromatic carbocycles. The number of aromatic nitrogens is 2. The Morgan fingerprint density at radius 2 is 2.36 bits per heavy atom. The molecule has 1 aliphatic heterocycles. The lowest BCUT2D eigenvalue weighted by Crippen LogP contribution is -2.44. The van der Waals surface area contributed by atoms with Gasteiger partial charge < -0.3 is 10.1 Å². The molecule has 120 valence electrons. The van der Waals surface area contributed by atoms with Crippen LogP contribution in [0.5, 0.6) is 0 Å². The molecule has 0 saturated carbocycles. The molecule has 0 aliphatic carbocycles. The number of amides is 1. The summed E-state index contributed by atoms with van der Waals surface area (Å²) in [5.41, 5.74) is -1.10. The van der Waals surface area contributed by atoms with E-state index in [4.69, 9.17) is 16.3 Å². The molecule has 4 atom stereocenters. The van der Waals surface area contributed by atoms with Crippen LogP contribution >= 0.6 is 27.5 Å². The van der Waals surface area contributed by atoms with Crippen LogP contribution in [0.2, 0.25) is 0 Å². The largest absolute Gasteiger partial charge is 0.351 e. The summed E-state index contributed by atoms with van der Waals surface area (Å²) in [6.45, 7) is 5.04. The third-order valence-electron chi connectivity index (χ3n) is 3.31. The number of rotatable bonds is 4. The number of H-pyrrole nitrogens is 1. The van der Waals surface area contributed by atoms with Crippen molar-refractivity contribution in [3.63, 3.8) is 0 Å². The second-order valence-corrected chi connectivity index (χ2v) is 6.33. The van der Waals surface area contributed by atoms with Gasteiger partial charge in [0.05, 0.1) is 15.9 Å². The minimum Gasteiger partial charge on any atom is -0.351 e. The lowest BCUT2D eigenvalue weighted by atomic mass is 10.1. The van der Waals surface area contributed by atoms with E-state index in [2.05, 4.69) is 32.8 Å². The maximum absolute atomic E-state index is 11.9. The molecular weight excluding hydrogens is 378 g/mol. The van der Waals surface area contributed by atoms with E-state index >= 15 is 0 Å². The van der Waals surface area contributed by atoms with Gasteiger partial charge in [-0.05, 0) is 15.9 Å². The van der Waals surface area contributed by atoms with Crippen molar-refractivity contribution in [3.8, 4) is 0 Å². The molecule has 0 radical (unpaired) electrons. The maximum atomic E-state index is 11.9. The standard InChI is InChI=1S/C13H15BrClN3O4/c1-3-9(16-6(2)19)11-8(15)4-10(22-11)18-5-7(14)12(20)17-13(18)21/h3,5,8-11H,1,4H2,2H3,(H,16,19)(H,17,20,21)/t8-,9?,10+,11-/m0/s1. The second kappa shape index (κ2) is 6.80. The summed E-state index contributed by atoms with van der Waals surface area (Å²) in [6.07, 6.45) is 2.10. The Morgan fingerprint density at radius 3 is 2.95 bits per heavy atom. The Labute approximate surface area is 139 Å². The van der Waals surface area contributed by atoms with E-state index in [1.54, 1.807) is 0 Å². The van der Waals surface area contributed by atoms with Crippen LogP contribution in [0.25, 0.3) is 0 Å². The summed E-state index contributed by atoms with van der Waals surface area (Å²) in [5.74, 6) is -0.232. The van der Waals surface area contributed by atoms with Crippen LogP contribution in [-0.2, 0) is 9.53 Å². The van der Waals surface area contributed by atoms with Crippen LogP contribution in [0.15, 0.2) is 32.9 Å². The highest BCUT2D eigenvalue weighted by atomic mass is 79.9. The highest BCUT2D eigenvalue weighted by Gasteiger charge is 2.39. The van der Waals surface area contributed by atoms with Crippen molar-refractivity contribution in [1.82, 2.24) is 14.9 Å². The summed E-state index contributed by atoms with van der Waals surface area (Å²) >= 11 is 9.35. The summed E-state index contributed by atoms with van der Waals surface area (Å²) in [5, 5.41) is 2.27. The van der Waals surface area contributed by atoms with Gasteiger partial charge in [-0.3, -0.25) is 19.1 Å². The zero-order valence-corrected chi connectivity index (χ0v) is 14.1. The lowest BCUT2D eigenvalue weighted by molar-refractivity contribution is -0.120. The van der Waals surface area contributed by atoms with Crippen LogP contribution in [0.3, 0.4) is 0 Å². The monoisotopic (exact) mass is 391 g/mol. The number of ether oxygens (including phenoxy) is 1. The first kappa shape index (κ1) is 17.0. The topological polar surface area (TPSA) is 93.2 Å². The summed E-state index contributed by atoms with van der Waals surface area (Å²) in [6, 6.07) is -0.466. The molecule has 22 heavy (non-hydrogen) atoms. The second-order valence-electron chi connectivity index (χ2n) is 4.91. The first-order chi connectivity index (χ1) is 10.3. The van der Waals surface area contributed by atoms with Gasteiger partial charge in [-0.1, -0.05) is 6.08 Å². The number of alkyl halides is 1. The van der Waals surface area contributed by atoms with Crippen LogP contribution < -0.4 is 16.6 Å². The van der Waals surface area contributed by atoms with Gasteiger partial charge in [0.2, 0.25) is 5.91 Å². The quantitative estimate of drug-likeness (QED) is 0.588. The van der Waals surface area contributed by atoms with E-state index in [9.17, 15) is 14.4 Å². The van der Waals surface area contributed by atoms with Gasteiger partial charge in [-0.15, -0.1) is 18.2 Å². The third kappa shape index (κ3) is 3.50. The molecule has 2 N–H and O–H groups in total. The fourth-order valence-electron chi connectivity index (χ4n) is 2.32. The molecule has 1 unspecified atom stereocenters. The van der Waals surface area contributed by atoms with Gasteiger partial charge in [-0.25, -0.2) is 4.79 Å². The Kier molecular flexibility index (Phi) is 5.25. The Morgan fingerprint density at radius 1 is 1.68 bits per heavy atom. The molecule has 1 aromatic rings. The predicted molar refractivity (Wildman–Crippen MR) is 85.0 cm³/mol. The van der Waals surface area contributed by atoms with Gasteiger partial charge in [-0.2, -0.15) is 0 Å². The fraction of sp³-hybridized carbons (Fsp3) is 0.462. The maximum Gasteiger partial charge on any atom is 0.330 e. The molecule has 2 rings (SSSR count). The van der Waals surface area contributed by atoms with Crippen LogP contribution in [0, 0.1) is 0 Å². The van der Waals surface area contributed by atoms with Gasteiger partial charge >= 0.3 is 5.69 Å². The highest BCUT2D eigenvalue weighted by molar-refractivity contribution is 9.10. The van der Waals surface area contributed by atoms with Crippen molar-refractivity contribution in [2.24, 2.45) is 0 Å². The molecule has 9 heteroatoms. The molecule has 2 heterocycles. The van der Waals surface area contributed by atoms with Gasteiger partial charge in [0.25, 0.3) is 5.56 Å². The summed E-state index contributed by atoms with van der Waals surface area (Å²) < 4.78 is 7.27. The van der Waals surface area contributed by atoms with E-state index in [0.717, 1.165) is 0 Å². The zero-order valence-electron chi connectivity index (χ0n) is 11.7. The number of hydrogen-bond acceptors (Lipinski definition) is 4. The first-order valence-electron chi connectivity index (χ1n) is 6.53. The Balaban J connectivity index is 2.25. The van der Waals surface area contributed by atoms with Gasteiger partial charge in [0, 0.05) is 19.5 Å². The Bertz CT molecular complexity index is 701. The number of hydrogen-bond donors (Lipinski definition) is 2. The summed E-state index contributed by atoms with van der Waals surface area (Å²) in [7, 11) is 0. The molecule has 0 bridgehead atoms. The van der Waals surface area contributed by atoms with E-state index < -0.39 is 35.0 Å². The van der Waals surface area contributed by atoms with Crippen LogP contribution in [0.4, 0.5) is 0 Å². The molecule has 0 spiro atoms. The SMILES string of the molecule is C=CC(NC(C)=O)[C@H]1O[C@@H](n2cc(Br)c(=O)[nH]c2=O)C[C@@H]1Cl. The third-order valence-corrected chi connectivity index (χ3v) is 4.30. The lowest BCUT2D eigenvalue weighted by Gasteiger charge is -2.23. The zero-order chi connectivity index (χ0) is 16.4. The molecule has 1 aromatic heterocycles. The average molecular weight is 393 g/mol. The number of halogens is 2. The fourth-order valence-corrected chi connectivity index (χ4v) is 3.01. The van der Waals surface area contributed by atoms with Crippen LogP contribution in [-0.4, -0.2) is 33.0 Å². The minimum absolute atomic E-state index is 0.215. The molecule has 1 fully saturated rings. The van der Waals surface area contributed by atoms with Crippen molar-refractivity contribution >= 4 is 33.4 Å². The van der Waals surface area contributed by atoms with Gasteiger partial charge in [0.15, 0.2) is 0 Å². The molecule has 1 aliphatic rings. The van der Waals surface area contributed by atoms with Crippen LogP contribution in [0.1, 0.15) is 19.6 Å². The van der Waals surface area contributed by atoms with E-state index in [1.807, 2.05) is 0 Å². The van der Waals surface area contributed by atoms with E-state index in [0.29, 0.717) is 6.42 Å². The number of carbonyl (C=O) groups excluding carboxylic acids is 1. The molecule has 7 nitrogen and oxygen atoms in total. The van der Waals surface area contributed by atoms with Gasteiger partial charge in [0.1, 0.15) is 12.3 Å². The summed E-state index contributed by atoms with van der Waals surface area (Å²) in [4.78, 5) is 36.6. The normalized spacial score (nSPS) is 25.7. The van der Waals surface area contributed by atoms with Crippen molar-refractivity contribution < 1.29 is 9.53 Å². The first-order valence-corrected chi connectivity index (χ1v) is 7.76. The molecule has 1 saturated heterocycles. The van der Waals surface area contributed by atoms with Crippen molar-refractivity contribution in [3.05, 3.63) is 44.2 Å². The van der Waals surface area contributed by atoms with Crippen molar-refractivity contribution in [1.29, 1.82) is 0 Å². The van der Waals surface area contributed by atoms with E-state index in [1.165, 1.54) is 23.8 Å². The smallest absolute Gasteiger partial charge is 0.330 e. The van der Waals surface area contributed by atoms with Crippen molar-refractivity contribution in [2.75, 3.05) is 0 Å². The molecular formula is C13H15BrClN3O4. The number of nitrogens with one attached hydrogen (secondary N) is 2. The average Bonchev–Trinajstić information content (AvgIpc) is 2.81. The number of aromatic amines is 1. The minimum atomic E-state index is -0.635. The number of carbonyl (C=O) groups is 1. The highest BCUT2D eigenvalue weighted by Crippen LogP contribution is 2.33. The van der Waals surface area contributed by atoms with Crippen molar-refractivity contribution in [2.45, 2.75) is 37.1 Å². The number of nitrogens with zero attached hydrogens (tertiary/aromatic N) is 1. The molecule has 1 amide bonds.